The number of rotatable bonds is 5. The van der Waals surface area contributed by atoms with Gasteiger partial charge in [-0.25, -0.2) is 9.97 Å². The predicted molar refractivity (Wildman–Crippen MR) is 81.0 cm³/mol. The third-order valence-corrected chi connectivity index (χ3v) is 3.94. The van der Waals surface area contributed by atoms with E-state index in [1.807, 2.05) is 12.3 Å². The summed E-state index contributed by atoms with van der Waals surface area (Å²) >= 11 is 1.66. The zero-order valence-electron chi connectivity index (χ0n) is 11.9. The van der Waals surface area contributed by atoms with Gasteiger partial charge in [0.05, 0.1) is 12.1 Å². The van der Waals surface area contributed by atoms with Crippen LogP contribution in [-0.2, 0) is 6.54 Å². The Bertz CT molecular complexity index is 579. The van der Waals surface area contributed by atoms with Crippen LogP contribution >= 0.6 is 11.3 Å². The lowest BCUT2D eigenvalue weighted by molar-refractivity contribution is 0.0785. The highest BCUT2D eigenvalue weighted by Crippen LogP contribution is 2.18. The van der Waals surface area contributed by atoms with Crippen molar-refractivity contribution in [2.24, 2.45) is 0 Å². The van der Waals surface area contributed by atoms with Gasteiger partial charge in [-0.2, -0.15) is 0 Å². The molecule has 0 radical (unpaired) electrons. The monoisotopic (exact) mass is 290 g/mol. The number of hydrogen-bond donors (Lipinski definition) is 1. The number of amides is 1. The van der Waals surface area contributed by atoms with E-state index in [1.165, 1.54) is 10.4 Å². The Labute approximate surface area is 122 Å². The highest BCUT2D eigenvalue weighted by Gasteiger charge is 2.14. The molecular weight excluding hydrogens is 272 g/mol. The number of aryl methyl sites for hydroxylation is 1. The average Bonchev–Trinajstić information content (AvgIpc) is 2.85. The number of nitrogens with one attached hydrogen (secondary N) is 1. The number of nitrogens with zero attached hydrogens (tertiary/aromatic N) is 3. The molecule has 0 fully saturated rings. The summed E-state index contributed by atoms with van der Waals surface area (Å²) < 4.78 is 0. The van der Waals surface area contributed by atoms with Crippen molar-refractivity contribution in [3.63, 3.8) is 0 Å². The Hall–Kier alpha value is -1.95. The number of carbonyl (C=O) groups is 1. The number of anilines is 1. The Morgan fingerprint density at radius 2 is 2.10 bits per heavy atom. The molecule has 0 bridgehead atoms. The molecule has 2 heterocycles. The van der Waals surface area contributed by atoms with E-state index in [9.17, 15) is 4.79 Å². The fraction of sp³-hybridized carbons (Fsp3) is 0.357. The van der Waals surface area contributed by atoms with E-state index < -0.39 is 0 Å². The number of hydrogen-bond acceptors (Lipinski definition) is 5. The first-order chi connectivity index (χ1) is 9.61. The van der Waals surface area contributed by atoms with Crippen molar-refractivity contribution in [3.05, 3.63) is 39.8 Å². The van der Waals surface area contributed by atoms with Crippen LogP contribution in [0.5, 0.6) is 0 Å². The summed E-state index contributed by atoms with van der Waals surface area (Å²) in [7, 11) is 1.79. The smallest absolute Gasteiger partial charge is 0.257 e. The summed E-state index contributed by atoms with van der Waals surface area (Å²) in [5.74, 6) is 0.474. The van der Waals surface area contributed by atoms with E-state index in [0.717, 1.165) is 6.54 Å². The first-order valence-corrected chi connectivity index (χ1v) is 7.34. The van der Waals surface area contributed by atoms with Gasteiger partial charge in [0.25, 0.3) is 5.91 Å². The molecule has 5 nitrogen and oxygen atoms in total. The minimum Gasteiger partial charge on any atom is -0.355 e. The van der Waals surface area contributed by atoms with Gasteiger partial charge in [-0.15, -0.1) is 11.3 Å². The molecule has 0 saturated heterocycles. The number of carbonyl (C=O) groups excluding carboxylic acids is 1. The fourth-order valence-electron chi connectivity index (χ4n) is 1.76. The van der Waals surface area contributed by atoms with Crippen molar-refractivity contribution in [2.75, 3.05) is 18.9 Å². The summed E-state index contributed by atoms with van der Waals surface area (Å²) in [6, 6.07) is 2.06. The first-order valence-electron chi connectivity index (χ1n) is 6.46. The Kier molecular flexibility index (Phi) is 4.68. The molecule has 0 atom stereocenters. The number of aromatic nitrogens is 2. The highest BCUT2D eigenvalue weighted by molar-refractivity contribution is 7.10. The van der Waals surface area contributed by atoms with Gasteiger partial charge in [0.1, 0.15) is 0 Å². The van der Waals surface area contributed by atoms with Crippen molar-refractivity contribution in [2.45, 2.75) is 20.4 Å². The summed E-state index contributed by atoms with van der Waals surface area (Å²) in [6.07, 6.45) is 3.12. The lowest BCUT2D eigenvalue weighted by Gasteiger charge is -2.16. The summed E-state index contributed by atoms with van der Waals surface area (Å²) in [6.45, 7) is 5.39. The van der Waals surface area contributed by atoms with E-state index in [4.69, 9.17) is 0 Å². The maximum absolute atomic E-state index is 12.3. The van der Waals surface area contributed by atoms with Crippen LogP contribution < -0.4 is 5.32 Å². The SMILES string of the molecule is CCNc1ncc(C(=O)N(C)Cc2sccc2C)cn1. The minimum absolute atomic E-state index is 0.0687. The zero-order valence-corrected chi connectivity index (χ0v) is 12.7. The maximum Gasteiger partial charge on any atom is 0.257 e. The van der Waals surface area contributed by atoms with Crippen LogP contribution in [0.25, 0.3) is 0 Å². The second-order valence-corrected chi connectivity index (χ2v) is 5.51. The molecule has 6 heteroatoms. The van der Waals surface area contributed by atoms with Gasteiger partial charge in [-0.05, 0) is 30.9 Å². The van der Waals surface area contributed by atoms with Crippen LogP contribution in [0.3, 0.4) is 0 Å². The second-order valence-electron chi connectivity index (χ2n) is 4.51. The van der Waals surface area contributed by atoms with Crippen LogP contribution in [0.1, 0.15) is 27.7 Å². The fourth-order valence-corrected chi connectivity index (χ4v) is 2.72. The number of thiophene rings is 1. The molecule has 2 aromatic rings. The zero-order chi connectivity index (χ0) is 14.5. The molecule has 0 saturated carbocycles. The quantitative estimate of drug-likeness (QED) is 0.919. The molecule has 0 aliphatic rings. The minimum atomic E-state index is -0.0687. The Morgan fingerprint density at radius 1 is 1.40 bits per heavy atom. The predicted octanol–water partition coefficient (Wildman–Crippen LogP) is 2.55. The van der Waals surface area contributed by atoms with Gasteiger partial charge in [0, 0.05) is 30.9 Å². The van der Waals surface area contributed by atoms with Crippen molar-refractivity contribution >= 4 is 23.2 Å². The third kappa shape index (κ3) is 3.33. The molecule has 0 aromatic carbocycles. The maximum atomic E-state index is 12.3. The van der Waals surface area contributed by atoms with Gasteiger partial charge in [0.2, 0.25) is 5.95 Å². The van der Waals surface area contributed by atoms with Crippen LogP contribution in [0, 0.1) is 6.92 Å². The summed E-state index contributed by atoms with van der Waals surface area (Å²) in [5.41, 5.74) is 1.72. The van der Waals surface area contributed by atoms with Crippen LogP contribution in [0.15, 0.2) is 23.8 Å². The van der Waals surface area contributed by atoms with Crippen molar-refractivity contribution in [1.82, 2.24) is 14.9 Å². The van der Waals surface area contributed by atoms with Gasteiger partial charge in [-0.1, -0.05) is 0 Å². The van der Waals surface area contributed by atoms with Gasteiger partial charge < -0.3 is 10.2 Å². The molecule has 2 aromatic heterocycles. The van der Waals surface area contributed by atoms with Gasteiger partial charge >= 0.3 is 0 Å². The molecule has 2 rings (SSSR count). The highest BCUT2D eigenvalue weighted by atomic mass is 32.1. The van der Waals surface area contributed by atoms with Gasteiger partial charge in [-0.3, -0.25) is 4.79 Å². The van der Waals surface area contributed by atoms with Gasteiger partial charge in [0.15, 0.2) is 0 Å². The molecular formula is C14H18N4OS. The Morgan fingerprint density at radius 3 is 2.65 bits per heavy atom. The van der Waals surface area contributed by atoms with E-state index >= 15 is 0 Å². The second kappa shape index (κ2) is 6.47. The van der Waals surface area contributed by atoms with Crippen molar-refractivity contribution < 1.29 is 4.79 Å². The molecule has 0 aliphatic carbocycles. The molecule has 1 amide bonds. The standard InChI is InChI=1S/C14H18N4OS/c1-4-15-14-16-7-11(8-17-14)13(19)18(3)9-12-10(2)5-6-20-12/h5-8H,4,9H2,1-3H3,(H,15,16,17). The van der Waals surface area contributed by atoms with Crippen LogP contribution in [0.4, 0.5) is 5.95 Å². The van der Waals surface area contributed by atoms with E-state index in [2.05, 4.69) is 28.3 Å². The Balaban J connectivity index is 2.04. The molecule has 0 aliphatic heterocycles. The first kappa shape index (κ1) is 14.5. The topological polar surface area (TPSA) is 58.1 Å². The molecule has 0 unspecified atom stereocenters. The molecule has 0 spiro atoms. The average molecular weight is 290 g/mol. The summed E-state index contributed by atoms with van der Waals surface area (Å²) in [4.78, 5) is 23.4. The molecule has 106 valence electrons. The lowest BCUT2D eigenvalue weighted by Crippen LogP contribution is -2.26. The van der Waals surface area contributed by atoms with Crippen molar-refractivity contribution in [1.29, 1.82) is 0 Å². The molecule has 1 N–H and O–H groups in total. The largest absolute Gasteiger partial charge is 0.355 e. The van der Waals surface area contributed by atoms with Crippen LogP contribution in [0.2, 0.25) is 0 Å². The van der Waals surface area contributed by atoms with Crippen molar-refractivity contribution in [3.8, 4) is 0 Å². The van der Waals surface area contributed by atoms with Crippen LogP contribution in [-0.4, -0.2) is 34.4 Å². The van der Waals surface area contributed by atoms with E-state index in [0.29, 0.717) is 18.1 Å². The molecule has 20 heavy (non-hydrogen) atoms. The lowest BCUT2D eigenvalue weighted by atomic mass is 10.2. The normalized spacial score (nSPS) is 10.3. The van der Waals surface area contributed by atoms with E-state index in [-0.39, 0.29) is 5.91 Å². The third-order valence-electron chi connectivity index (χ3n) is 2.93. The summed E-state index contributed by atoms with van der Waals surface area (Å²) in [5, 5.41) is 5.04. The van der Waals surface area contributed by atoms with E-state index in [1.54, 1.807) is 35.7 Å².